The predicted octanol–water partition coefficient (Wildman–Crippen LogP) is 2.65. The molecule has 0 heterocycles. The minimum absolute atomic E-state index is 0.0428. The molecule has 0 aromatic heterocycles. The standard InChI is InChI=1S/C11H10OS/c1-2-11(12)10(8-13)9-6-4-3-5-7-9/h3-7H,2H2,1H3. The van der Waals surface area contributed by atoms with Gasteiger partial charge in [-0.15, -0.1) is 0 Å². The van der Waals surface area contributed by atoms with Gasteiger partial charge in [0.2, 0.25) is 0 Å². The van der Waals surface area contributed by atoms with E-state index in [4.69, 9.17) is 12.2 Å². The Morgan fingerprint density at radius 1 is 1.38 bits per heavy atom. The first-order valence-electron chi connectivity index (χ1n) is 4.13. The first kappa shape index (κ1) is 9.85. The second-order valence-electron chi connectivity index (χ2n) is 2.62. The molecule has 0 radical (unpaired) electrons. The number of carbonyl (C=O) groups excluding carboxylic acids is 1. The molecule has 0 N–H and O–H groups in total. The molecule has 0 saturated heterocycles. The third-order valence-corrected chi connectivity index (χ3v) is 1.97. The second-order valence-corrected chi connectivity index (χ2v) is 2.82. The number of Topliss-reactive ketones (excluding diaryl/α,β-unsaturated/α-hetero) is 1. The minimum atomic E-state index is 0.0428. The smallest absolute Gasteiger partial charge is 0.171 e. The molecular weight excluding hydrogens is 180 g/mol. The molecule has 2 heteroatoms. The molecule has 0 aliphatic rings. The van der Waals surface area contributed by atoms with Gasteiger partial charge in [0.05, 0.1) is 5.57 Å². The first-order valence-corrected chi connectivity index (χ1v) is 4.54. The molecule has 13 heavy (non-hydrogen) atoms. The van der Waals surface area contributed by atoms with Crippen molar-refractivity contribution in [2.24, 2.45) is 0 Å². The van der Waals surface area contributed by atoms with Crippen molar-refractivity contribution in [2.45, 2.75) is 13.3 Å². The number of carbonyl (C=O) groups is 1. The highest BCUT2D eigenvalue weighted by atomic mass is 32.1. The van der Waals surface area contributed by atoms with Gasteiger partial charge in [0.1, 0.15) is 0 Å². The van der Waals surface area contributed by atoms with Crippen LogP contribution in [0.15, 0.2) is 30.3 Å². The number of thiocarbonyl (C=S) groups is 1. The van der Waals surface area contributed by atoms with E-state index >= 15 is 0 Å². The van der Waals surface area contributed by atoms with Crippen molar-refractivity contribution in [1.82, 2.24) is 0 Å². The van der Waals surface area contributed by atoms with Crippen molar-refractivity contribution in [1.29, 1.82) is 0 Å². The Balaban J connectivity index is 3.07. The van der Waals surface area contributed by atoms with Gasteiger partial charge >= 0.3 is 0 Å². The van der Waals surface area contributed by atoms with Crippen molar-refractivity contribution in [3.63, 3.8) is 0 Å². The molecule has 66 valence electrons. The molecule has 0 unspecified atom stereocenters. The quantitative estimate of drug-likeness (QED) is 0.538. The van der Waals surface area contributed by atoms with Crippen molar-refractivity contribution in [3.05, 3.63) is 35.9 Å². The highest BCUT2D eigenvalue weighted by Crippen LogP contribution is 2.13. The lowest BCUT2D eigenvalue weighted by molar-refractivity contribution is -0.113. The summed E-state index contributed by atoms with van der Waals surface area (Å²) in [5.41, 5.74) is 1.36. The largest absolute Gasteiger partial charge is 0.293 e. The van der Waals surface area contributed by atoms with Crippen LogP contribution in [0, 0.1) is 0 Å². The summed E-state index contributed by atoms with van der Waals surface area (Å²) in [4.78, 5) is 11.4. The van der Waals surface area contributed by atoms with Crippen LogP contribution in [0.4, 0.5) is 0 Å². The Morgan fingerprint density at radius 3 is 2.46 bits per heavy atom. The minimum Gasteiger partial charge on any atom is -0.293 e. The molecule has 1 aromatic rings. The average molecular weight is 190 g/mol. The maximum Gasteiger partial charge on any atom is 0.171 e. The molecule has 1 rings (SSSR count). The van der Waals surface area contributed by atoms with Crippen LogP contribution >= 0.6 is 12.2 Å². The highest BCUT2D eigenvalue weighted by Gasteiger charge is 2.08. The normalized spacial score (nSPS) is 9.00. The van der Waals surface area contributed by atoms with Crippen molar-refractivity contribution >= 4 is 28.6 Å². The molecule has 0 aliphatic carbocycles. The lowest BCUT2D eigenvalue weighted by Gasteiger charge is -2.00. The third kappa shape index (κ3) is 2.35. The molecular formula is C11H10OS. The van der Waals surface area contributed by atoms with E-state index in [-0.39, 0.29) is 5.78 Å². The van der Waals surface area contributed by atoms with Gasteiger partial charge in [0.25, 0.3) is 0 Å². The van der Waals surface area contributed by atoms with Gasteiger partial charge in [-0.3, -0.25) is 4.79 Å². The summed E-state index contributed by atoms with van der Waals surface area (Å²) in [6, 6.07) is 9.39. The van der Waals surface area contributed by atoms with Gasteiger partial charge < -0.3 is 0 Å². The van der Waals surface area contributed by atoms with E-state index < -0.39 is 0 Å². The fourth-order valence-electron chi connectivity index (χ4n) is 1.06. The summed E-state index contributed by atoms with van der Waals surface area (Å²) >= 11 is 4.69. The maximum absolute atomic E-state index is 11.4. The molecule has 1 nitrogen and oxygen atoms in total. The molecule has 1 aromatic carbocycles. The topological polar surface area (TPSA) is 17.1 Å². The van der Waals surface area contributed by atoms with E-state index in [9.17, 15) is 4.79 Å². The summed E-state index contributed by atoms with van der Waals surface area (Å²) < 4.78 is 0. The van der Waals surface area contributed by atoms with Crippen molar-refractivity contribution in [3.8, 4) is 0 Å². The van der Waals surface area contributed by atoms with Crippen molar-refractivity contribution in [2.75, 3.05) is 0 Å². The lowest BCUT2D eigenvalue weighted by atomic mass is 10.0. The zero-order chi connectivity index (χ0) is 9.68. The van der Waals surface area contributed by atoms with Gasteiger partial charge in [0.15, 0.2) is 5.78 Å². The summed E-state index contributed by atoms with van der Waals surface area (Å²) in [7, 11) is 0. The van der Waals surface area contributed by atoms with Gasteiger partial charge in [0, 0.05) is 6.42 Å². The number of rotatable bonds is 3. The fourth-order valence-corrected chi connectivity index (χ4v) is 1.29. The number of hydrogen-bond acceptors (Lipinski definition) is 2. The average Bonchev–Trinajstić information content (AvgIpc) is 2.20. The molecule has 0 bridgehead atoms. The van der Waals surface area contributed by atoms with E-state index in [1.807, 2.05) is 37.3 Å². The number of benzene rings is 1. The molecule has 0 saturated carbocycles. The van der Waals surface area contributed by atoms with Crippen LogP contribution in [-0.4, -0.2) is 10.8 Å². The number of allylic oxidation sites excluding steroid dienone is 1. The van der Waals surface area contributed by atoms with Crippen LogP contribution < -0.4 is 0 Å². The van der Waals surface area contributed by atoms with E-state index in [2.05, 4.69) is 5.02 Å². The SMILES string of the molecule is CCC(=O)C(=C=S)c1ccccc1. The van der Waals surface area contributed by atoms with Crippen LogP contribution in [0.2, 0.25) is 0 Å². The van der Waals surface area contributed by atoms with Crippen LogP contribution in [0.3, 0.4) is 0 Å². The maximum atomic E-state index is 11.4. The van der Waals surface area contributed by atoms with Gasteiger partial charge in [-0.25, -0.2) is 0 Å². The summed E-state index contributed by atoms with van der Waals surface area (Å²) in [5, 5.41) is 2.52. The predicted molar refractivity (Wildman–Crippen MR) is 57.7 cm³/mol. The zero-order valence-electron chi connectivity index (χ0n) is 7.41. The molecule has 0 amide bonds. The fraction of sp³-hybridized carbons (Fsp3) is 0.182. The van der Waals surface area contributed by atoms with Gasteiger partial charge in [-0.1, -0.05) is 37.3 Å². The Labute approximate surface area is 83.1 Å². The highest BCUT2D eigenvalue weighted by molar-refractivity contribution is 7.78. The first-order chi connectivity index (χ1) is 6.29. The Bertz CT molecular complexity index is 348. The second kappa shape index (κ2) is 4.70. The molecule has 0 atom stereocenters. The van der Waals surface area contributed by atoms with Gasteiger partial charge in [-0.2, -0.15) is 0 Å². The molecule has 0 aliphatic heterocycles. The van der Waals surface area contributed by atoms with Crippen LogP contribution in [0.1, 0.15) is 18.9 Å². The zero-order valence-corrected chi connectivity index (χ0v) is 8.23. The van der Waals surface area contributed by atoms with E-state index in [1.54, 1.807) is 0 Å². The van der Waals surface area contributed by atoms with E-state index in [0.717, 1.165) is 5.56 Å². The summed E-state index contributed by atoms with van der Waals surface area (Å²) in [6.45, 7) is 1.82. The Hall–Kier alpha value is -1.24. The Kier molecular flexibility index (Phi) is 3.56. The molecule has 0 fully saturated rings. The van der Waals surface area contributed by atoms with Crippen LogP contribution in [0.5, 0.6) is 0 Å². The summed E-state index contributed by atoms with van der Waals surface area (Å²) in [6.07, 6.45) is 0.466. The van der Waals surface area contributed by atoms with Crippen LogP contribution in [-0.2, 0) is 4.79 Å². The Morgan fingerprint density at radius 2 is 2.00 bits per heavy atom. The van der Waals surface area contributed by atoms with Crippen LogP contribution in [0.25, 0.3) is 5.57 Å². The third-order valence-electron chi connectivity index (χ3n) is 1.76. The number of ketones is 1. The van der Waals surface area contributed by atoms with Gasteiger partial charge in [-0.05, 0) is 22.8 Å². The molecule has 0 spiro atoms. The van der Waals surface area contributed by atoms with E-state index in [0.29, 0.717) is 12.0 Å². The van der Waals surface area contributed by atoms with E-state index in [1.165, 1.54) is 0 Å². The number of hydrogen-bond donors (Lipinski definition) is 0. The van der Waals surface area contributed by atoms with Crippen molar-refractivity contribution < 1.29 is 4.79 Å². The monoisotopic (exact) mass is 190 g/mol. The summed E-state index contributed by atoms with van der Waals surface area (Å²) in [5.74, 6) is 0.0428. The lowest BCUT2D eigenvalue weighted by Crippen LogP contribution is -1.99.